The van der Waals surface area contributed by atoms with E-state index in [0.29, 0.717) is 0 Å². The van der Waals surface area contributed by atoms with Crippen molar-refractivity contribution < 1.29 is 4.92 Å². The fourth-order valence-electron chi connectivity index (χ4n) is 1.91. The van der Waals surface area contributed by atoms with E-state index in [4.69, 9.17) is 0 Å². The third kappa shape index (κ3) is 3.00. The SMILES string of the molecule is CCNC(C)c1nnc(-c2ccc([N+](=O)[O-])cc2C)s1. The van der Waals surface area contributed by atoms with Crippen LogP contribution < -0.4 is 5.32 Å². The van der Waals surface area contributed by atoms with Crippen molar-refractivity contribution >= 4 is 17.0 Å². The summed E-state index contributed by atoms with van der Waals surface area (Å²) in [4.78, 5) is 10.3. The Morgan fingerprint density at radius 3 is 2.80 bits per heavy atom. The quantitative estimate of drug-likeness (QED) is 0.676. The van der Waals surface area contributed by atoms with Crippen LogP contribution in [0.15, 0.2) is 18.2 Å². The van der Waals surface area contributed by atoms with Crippen molar-refractivity contribution in [1.29, 1.82) is 0 Å². The minimum absolute atomic E-state index is 0.0945. The predicted octanol–water partition coefficient (Wildman–Crippen LogP) is 3.09. The number of aryl methyl sites for hydroxylation is 1. The molecule has 0 aliphatic rings. The molecule has 6 nitrogen and oxygen atoms in total. The number of nitro groups is 1. The van der Waals surface area contributed by atoms with Crippen LogP contribution in [0.4, 0.5) is 5.69 Å². The van der Waals surface area contributed by atoms with Crippen LogP contribution in [0, 0.1) is 17.0 Å². The molecule has 0 bridgehead atoms. The monoisotopic (exact) mass is 292 g/mol. The Hall–Kier alpha value is -1.86. The van der Waals surface area contributed by atoms with Gasteiger partial charge >= 0.3 is 0 Å². The highest BCUT2D eigenvalue weighted by atomic mass is 32.1. The van der Waals surface area contributed by atoms with Crippen molar-refractivity contribution in [1.82, 2.24) is 15.5 Å². The molecule has 2 aromatic rings. The minimum atomic E-state index is -0.393. The molecule has 0 aliphatic heterocycles. The molecule has 1 N–H and O–H groups in total. The number of rotatable bonds is 5. The second-order valence-electron chi connectivity index (χ2n) is 4.48. The van der Waals surface area contributed by atoms with Crippen LogP contribution in [0.1, 0.15) is 30.5 Å². The van der Waals surface area contributed by atoms with Crippen molar-refractivity contribution in [2.75, 3.05) is 6.54 Å². The van der Waals surface area contributed by atoms with Crippen molar-refractivity contribution in [2.24, 2.45) is 0 Å². The van der Waals surface area contributed by atoms with E-state index in [1.165, 1.54) is 17.4 Å². The molecular weight excluding hydrogens is 276 g/mol. The van der Waals surface area contributed by atoms with Crippen LogP contribution in [0.5, 0.6) is 0 Å². The van der Waals surface area contributed by atoms with Crippen molar-refractivity contribution in [3.8, 4) is 10.6 Å². The maximum absolute atomic E-state index is 10.7. The fraction of sp³-hybridized carbons (Fsp3) is 0.385. The average molecular weight is 292 g/mol. The number of aromatic nitrogens is 2. The van der Waals surface area contributed by atoms with Crippen LogP contribution >= 0.6 is 11.3 Å². The van der Waals surface area contributed by atoms with Gasteiger partial charge in [-0.3, -0.25) is 10.1 Å². The zero-order valence-corrected chi connectivity index (χ0v) is 12.4. The summed E-state index contributed by atoms with van der Waals surface area (Å²) in [7, 11) is 0. The standard InChI is InChI=1S/C13H16N4O2S/c1-4-14-9(3)12-15-16-13(20-12)11-6-5-10(17(18)19)7-8(11)2/h5-7,9,14H,4H2,1-3H3. The molecule has 0 saturated heterocycles. The summed E-state index contributed by atoms with van der Waals surface area (Å²) >= 11 is 1.51. The summed E-state index contributed by atoms with van der Waals surface area (Å²) in [5.74, 6) is 0. The summed E-state index contributed by atoms with van der Waals surface area (Å²) in [5.41, 5.74) is 1.82. The molecule has 7 heteroatoms. The molecule has 1 aromatic heterocycles. The molecule has 106 valence electrons. The van der Waals surface area contributed by atoms with E-state index in [1.807, 2.05) is 20.8 Å². The fourth-order valence-corrected chi connectivity index (χ4v) is 2.87. The molecule has 1 aromatic carbocycles. The number of benzene rings is 1. The molecule has 0 radical (unpaired) electrons. The first-order valence-corrected chi connectivity index (χ1v) is 7.16. The van der Waals surface area contributed by atoms with Gasteiger partial charge in [0.05, 0.1) is 11.0 Å². The van der Waals surface area contributed by atoms with Gasteiger partial charge in [0, 0.05) is 17.7 Å². The lowest BCUT2D eigenvalue weighted by atomic mass is 10.1. The van der Waals surface area contributed by atoms with Crippen LogP contribution in [0.2, 0.25) is 0 Å². The number of nitrogens with one attached hydrogen (secondary N) is 1. The van der Waals surface area contributed by atoms with E-state index in [9.17, 15) is 10.1 Å². The molecule has 1 unspecified atom stereocenters. The summed E-state index contributed by atoms with van der Waals surface area (Å²) in [5, 5.41) is 24.1. The molecule has 1 atom stereocenters. The molecule has 0 aliphatic carbocycles. The number of nitro benzene ring substituents is 1. The maximum Gasteiger partial charge on any atom is 0.269 e. The molecule has 2 rings (SSSR count). The molecule has 0 fully saturated rings. The number of hydrogen-bond donors (Lipinski definition) is 1. The van der Waals surface area contributed by atoms with Gasteiger partial charge in [-0.05, 0) is 32.0 Å². The van der Waals surface area contributed by atoms with E-state index in [2.05, 4.69) is 15.5 Å². The van der Waals surface area contributed by atoms with Crippen molar-refractivity contribution in [2.45, 2.75) is 26.8 Å². The average Bonchev–Trinajstić information content (AvgIpc) is 2.88. The molecule has 20 heavy (non-hydrogen) atoms. The lowest BCUT2D eigenvalue weighted by Gasteiger charge is -2.06. The number of nitrogens with zero attached hydrogens (tertiary/aromatic N) is 3. The van der Waals surface area contributed by atoms with Gasteiger partial charge in [0.15, 0.2) is 0 Å². The first kappa shape index (κ1) is 14.5. The molecule has 0 amide bonds. The Morgan fingerprint density at radius 1 is 1.45 bits per heavy atom. The van der Waals surface area contributed by atoms with Gasteiger partial charge in [-0.15, -0.1) is 10.2 Å². The summed E-state index contributed by atoms with van der Waals surface area (Å²) in [6.45, 7) is 6.79. The van der Waals surface area contributed by atoms with E-state index in [-0.39, 0.29) is 11.7 Å². The summed E-state index contributed by atoms with van der Waals surface area (Å²) in [6.07, 6.45) is 0. The summed E-state index contributed by atoms with van der Waals surface area (Å²) in [6, 6.07) is 4.95. The minimum Gasteiger partial charge on any atom is -0.308 e. The van der Waals surface area contributed by atoms with E-state index in [1.54, 1.807) is 12.1 Å². The predicted molar refractivity (Wildman–Crippen MR) is 78.8 cm³/mol. The van der Waals surface area contributed by atoms with E-state index >= 15 is 0 Å². The van der Waals surface area contributed by atoms with Crippen LogP contribution in [-0.2, 0) is 0 Å². The largest absolute Gasteiger partial charge is 0.308 e. The number of non-ortho nitro benzene ring substituents is 1. The normalized spacial score (nSPS) is 12.3. The lowest BCUT2D eigenvalue weighted by molar-refractivity contribution is -0.384. The molecule has 1 heterocycles. The molecule has 0 saturated carbocycles. The highest BCUT2D eigenvalue weighted by Crippen LogP contribution is 2.30. The maximum atomic E-state index is 10.7. The highest BCUT2D eigenvalue weighted by molar-refractivity contribution is 7.14. The van der Waals surface area contributed by atoms with Crippen LogP contribution in [0.25, 0.3) is 10.6 Å². The van der Waals surface area contributed by atoms with Gasteiger partial charge < -0.3 is 5.32 Å². The van der Waals surface area contributed by atoms with Crippen molar-refractivity contribution in [3.63, 3.8) is 0 Å². The Morgan fingerprint density at radius 2 is 2.20 bits per heavy atom. The van der Waals surface area contributed by atoms with Crippen LogP contribution in [0.3, 0.4) is 0 Å². The second kappa shape index (κ2) is 6.06. The van der Waals surface area contributed by atoms with E-state index in [0.717, 1.165) is 27.7 Å². The van der Waals surface area contributed by atoms with Gasteiger partial charge in [0.2, 0.25) is 0 Å². The zero-order chi connectivity index (χ0) is 14.7. The zero-order valence-electron chi connectivity index (χ0n) is 11.6. The Labute approximate surface area is 121 Å². The Kier molecular flexibility index (Phi) is 4.41. The lowest BCUT2D eigenvalue weighted by Crippen LogP contribution is -2.17. The number of hydrogen-bond acceptors (Lipinski definition) is 6. The van der Waals surface area contributed by atoms with Gasteiger partial charge in [-0.1, -0.05) is 18.3 Å². The topological polar surface area (TPSA) is 81.0 Å². The third-order valence-electron chi connectivity index (χ3n) is 2.97. The molecule has 0 spiro atoms. The molecular formula is C13H16N4O2S. The summed E-state index contributed by atoms with van der Waals surface area (Å²) < 4.78 is 0. The van der Waals surface area contributed by atoms with Gasteiger partial charge in [-0.2, -0.15) is 0 Å². The van der Waals surface area contributed by atoms with Gasteiger partial charge in [-0.25, -0.2) is 0 Å². The van der Waals surface area contributed by atoms with Crippen molar-refractivity contribution in [3.05, 3.63) is 38.9 Å². The van der Waals surface area contributed by atoms with Gasteiger partial charge in [0.1, 0.15) is 10.0 Å². The Bertz CT molecular complexity index is 627. The first-order chi connectivity index (χ1) is 9.52. The second-order valence-corrected chi connectivity index (χ2v) is 5.49. The first-order valence-electron chi connectivity index (χ1n) is 6.35. The smallest absolute Gasteiger partial charge is 0.269 e. The highest BCUT2D eigenvalue weighted by Gasteiger charge is 2.15. The van der Waals surface area contributed by atoms with E-state index < -0.39 is 4.92 Å². The Balaban J connectivity index is 2.30. The van der Waals surface area contributed by atoms with Gasteiger partial charge in [0.25, 0.3) is 5.69 Å². The van der Waals surface area contributed by atoms with Crippen LogP contribution in [-0.4, -0.2) is 21.7 Å². The third-order valence-corrected chi connectivity index (χ3v) is 4.11.